The van der Waals surface area contributed by atoms with Crippen molar-refractivity contribution in [2.45, 2.75) is 13.5 Å². The molecule has 0 fully saturated rings. The molecule has 4 heteroatoms. The number of para-hydroxylation sites is 1. The summed E-state index contributed by atoms with van der Waals surface area (Å²) < 4.78 is 0. The molecule has 0 bridgehead atoms. The fourth-order valence-corrected chi connectivity index (χ4v) is 1.27. The molecule has 1 aromatic rings. The Kier molecular flexibility index (Phi) is 4.63. The van der Waals surface area contributed by atoms with Gasteiger partial charge in [-0.05, 0) is 18.6 Å². The van der Waals surface area contributed by atoms with Gasteiger partial charge < -0.3 is 16.4 Å². The van der Waals surface area contributed by atoms with E-state index in [1.807, 2.05) is 31.2 Å². The van der Waals surface area contributed by atoms with Gasteiger partial charge in [0.2, 0.25) is 5.91 Å². The quantitative estimate of drug-likeness (QED) is 0.616. The first-order chi connectivity index (χ1) is 7.24. The zero-order valence-electron chi connectivity index (χ0n) is 8.92. The summed E-state index contributed by atoms with van der Waals surface area (Å²) in [5.74, 6) is 0.00648. The first-order valence-electron chi connectivity index (χ1n) is 5.05. The van der Waals surface area contributed by atoms with Crippen molar-refractivity contribution >= 4 is 11.6 Å². The zero-order valence-corrected chi connectivity index (χ0v) is 8.92. The Morgan fingerprint density at radius 2 is 2.13 bits per heavy atom. The van der Waals surface area contributed by atoms with Crippen LogP contribution in [0.4, 0.5) is 5.69 Å². The first kappa shape index (κ1) is 11.5. The van der Waals surface area contributed by atoms with Gasteiger partial charge in [-0.1, -0.05) is 18.2 Å². The first-order valence-corrected chi connectivity index (χ1v) is 5.05. The minimum atomic E-state index is 0.00648. The highest BCUT2D eigenvalue weighted by Gasteiger charge is 2.00. The Morgan fingerprint density at radius 1 is 1.40 bits per heavy atom. The third-order valence-corrected chi connectivity index (χ3v) is 2.03. The average molecular weight is 207 g/mol. The second-order valence-corrected chi connectivity index (χ2v) is 3.26. The van der Waals surface area contributed by atoms with Crippen molar-refractivity contribution < 1.29 is 4.79 Å². The molecule has 0 spiro atoms. The molecule has 82 valence electrons. The molecule has 0 unspecified atom stereocenters. The standard InChI is InChI=1S/C11H17N3O/c1-2-14-11(15)8-13-7-9-5-3-4-6-10(9)12/h3-6,13H,2,7-8,12H2,1H3,(H,14,15). The number of anilines is 1. The molecule has 4 nitrogen and oxygen atoms in total. The van der Waals surface area contributed by atoms with E-state index in [9.17, 15) is 4.79 Å². The summed E-state index contributed by atoms with van der Waals surface area (Å²) in [6, 6.07) is 7.62. The number of carbonyl (C=O) groups is 1. The van der Waals surface area contributed by atoms with Gasteiger partial charge in [0.1, 0.15) is 0 Å². The fraction of sp³-hybridized carbons (Fsp3) is 0.364. The number of hydrogen-bond donors (Lipinski definition) is 3. The lowest BCUT2D eigenvalue weighted by molar-refractivity contribution is -0.120. The second kappa shape index (κ2) is 6.03. The highest BCUT2D eigenvalue weighted by Crippen LogP contribution is 2.09. The van der Waals surface area contributed by atoms with Crippen molar-refractivity contribution in [1.29, 1.82) is 0 Å². The van der Waals surface area contributed by atoms with Crippen molar-refractivity contribution in [3.05, 3.63) is 29.8 Å². The molecule has 0 saturated heterocycles. The van der Waals surface area contributed by atoms with Gasteiger partial charge in [-0.2, -0.15) is 0 Å². The van der Waals surface area contributed by atoms with Crippen LogP contribution < -0.4 is 16.4 Å². The van der Waals surface area contributed by atoms with E-state index >= 15 is 0 Å². The Bertz CT molecular complexity index is 325. The van der Waals surface area contributed by atoms with Gasteiger partial charge in [-0.3, -0.25) is 4.79 Å². The number of carbonyl (C=O) groups excluding carboxylic acids is 1. The Balaban J connectivity index is 2.32. The molecular weight excluding hydrogens is 190 g/mol. The van der Waals surface area contributed by atoms with Gasteiger partial charge in [0, 0.05) is 18.8 Å². The lowest BCUT2D eigenvalue weighted by atomic mass is 10.2. The molecule has 0 atom stereocenters. The molecule has 0 saturated carbocycles. The Labute approximate surface area is 89.9 Å². The summed E-state index contributed by atoms with van der Waals surface area (Å²) in [4.78, 5) is 11.1. The van der Waals surface area contributed by atoms with Gasteiger partial charge in [0.15, 0.2) is 0 Å². The number of nitrogens with one attached hydrogen (secondary N) is 2. The molecule has 0 aliphatic heterocycles. The molecule has 0 heterocycles. The van der Waals surface area contributed by atoms with E-state index in [1.165, 1.54) is 0 Å². The molecule has 1 rings (SSSR count). The number of benzene rings is 1. The van der Waals surface area contributed by atoms with Gasteiger partial charge in [0.05, 0.1) is 6.54 Å². The molecule has 0 aliphatic carbocycles. The molecule has 1 amide bonds. The van der Waals surface area contributed by atoms with E-state index in [4.69, 9.17) is 5.73 Å². The predicted octanol–water partition coefficient (Wildman–Crippen LogP) is 0.494. The molecule has 0 aliphatic rings. The molecule has 0 aromatic heterocycles. The van der Waals surface area contributed by atoms with Crippen LogP contribution in [0.2, 0.25) is 0 Å². The lowest BCUT2D eigenvalue weighted by Crippen LogP contribution is -2.33. The predicted molar refractivity (Wildman–Crippen MR) is 61.2 cm³/mol. The smallest absolute Gasteiger partial charge is 0.233 e. The van der Waals surface area contributed by atoms with Crippen molar-refractivity contribution in [2.24, 2.45) is 0 Å². The summed E-state index contributed by atoms with van der Waals surface area (Å²) in [6.07, 6.45) is 0. The van der Waals surface area contributed by atoms with Crippen LogP contribution in [0.3, 0.4) is 0 Å². The monoisotopic (exact) mass is 207 g/mol. The van der Waals surface area contributed by atoms with Crippen molar-refractivity contribution in [2.75, 3.05) is 18.8 Å². The lowest BCUT2D eigenvalue weighted by Gasteiger charge is -2.07. The van der Waals surface area contributed by atoms with E-state index in [0.717, 1.165) is 11.3 Å². The van der Waals surface area contributed by atoms with Crippen LogP contribution in [0.5, 0.6) is 0 Å². The summed E-state index contributed by atoms with van der Waals surface area (Å²) in [7, 11) is 0. The van der Waals surface area contributed by atoms with E-state index < -0.39 is 0 Å². The van der Waals surface area contributed by atoms with Gasteiger partial charge in [-0.15, -0.1) is 0 Å². The van der Waals surface area contributed by atoms with Crippen LogP contribution in [-0.4, -0.2) is 19.0 Å². The van der Waals surface area contributed by atoms with Crippen LogP contribution >= 0.6 is 0 Å². The third kappa shape index (κ3) is 3.99. The average Bonchev–Trinajstić information content (AvgIpc) is 2.21. The molecular formula is C11H17N3O. The van der Waals surface area contributed by atoms with Crippen LogP contribution in [0.25, 0.3) is 0 Å². The molecule has 0 radical (unpaired) electrons. The normalized spacial score (nSPS) is 9.93. The SMILES string of the molecule is CCNC(=O)CNCc1ccccc1N. The highest BCUT2D eigenvalue weighted by atomic mass is 16.1. The molecule has 4 N–H and O–H groups in total. The topological polar surface area (TPSA) is 67.2 Å². The van der Waals surface area contributed by atoms with Gasteiger partial charge in [0.25, 0.3) is 0 Å². The number of hydrogen-bond acceptors (Lipinski definition) is 3. The van der Waals surface area contributed by atoms with Gasteiger partial charge in [-0.25, -0.2) is 0 Å². The number of likely N-dealkylation sites (N-methyl/N-ethyl adjacent to an activating group) is 1. The maximum absolute atomic E-state index is 11.1. The maximum Gasteiger partial charge on any atom is 0.233 e. The van der Waals surface area contributed by atoms with Crippen LogP contribution in [0.1, 0.15) is 12.5 Å². The molecule has 1 aromatic carbocycles. The summed E-state index contributed by atoms with van der Waals surface area (Å²) >= 11 is 0. The fourth-order valence-electron chi connectivity index (χ4n) is 1.27. The Hall–Kier alpha value is -1.55. The number of nitrogens with two attached hydrogens (primary N) is 1. The largest absolute Gasteiger partial charge is 0.398 e. The molecule has 15 heavy (non-hydrogen) atoms. The second-order valence-electron chi connectivity index (χ2n) is 3.26. The van der Waals surface area contributed by atoms with Crippen molar-refractivity contribution in [1.82, 2.24) is 10.6 Å². The van der Waals surface area contributed by atoms with Gasteiger partial charge >= 0.3 is 0 Å². The van der Waals surface area contributed by atoms with Crippen molar-refractivity contribution in [3.8, 4) is 0 Å². The third-order valence-electron chi connectivity index (χ3n) is 2.03. The van der Waals surface area contributed by atoms with Crippen LogP contribution in [0, 0.1) is 0 Å². The Morgan fingerprint density at radius 3 is 2.80 bits per heavy atom. The number of amides is 1. The van der Waals surface area contributed by atoms with E-state index in [0.29, 0.717) is 19.6 Å². The van der Waals surface area contributed by atoms with E-state index in [1.54, 1.807) is 0 Å². The van der Waals surface area contributed by atoms with Crippen LogP contribution in [-0.2, 0) is 11.3 Å². The zero-order chi connectivity index (χ0) is 11.1. The maximum atomic E-state index is 11.1. The summed E-state index contributed by atoms with van der Waals surface area (Å²) in [5.41, 5.74) is 7.52. The number of rotatable bonds is 5. The summed E-state index contributed by atoms with van der Waals surface area (Å²) in [5, 5.41) is 5.75. The summed E-state index contributed by atoms with van der Waals surface area (Å²) in [6.45, 7) is 3.49. The van der Waals surface area contributed by atoms with E-state index in [2.05, 4.69) is 10.6 Å². The number of nitrogen functional groups attached to an aromatic ring is 1. The van der Waals surface area contributed by atoms with Crippen molar-refractivity contribution in [3.63, 3.8) is 0 Å². The minimum Gasteiger partial charge on any atom is -0.398 e. The minimum absolute atomic E-state index is 0.00648. The van der Waals surface area contributed by atoms with E-state index in [-0.39, 0.29) is 5.91 Å². The van der Waals surface area contributed by atoms with Crippen LogP contribution in [0.15, 0.2) is 24.3 Å². The highest BCUT2D eigenvalue weighted by molar-refractivity contribution is 5.77.